The third kappa shape index (κ3) is 2.95. The number of rotatable bonds is 2. The number of ketones is 1. The van der Waals surface area contributed by atoms with Crippen LogP contribution in [0.2, 0.25) is 10.0 Å². The number of carbonyl (C=O) groups is 3. The van der Waals surface area contributed by atoms with Crippen molar-refractivity contribution >= 4 is 52.6 Å². The Balaban J connectivity index is 1.68. The number of anilines is 1. The molecule has 0 spiro atoms. The number of amides is 2. The summed E-state index contributed by atoms with van der Waals surface area (Å²) in [4.78, 5) is 44.2. The second-order valence-corrected chi connectivity index (χ2v) is 10.4. The molecule has 0 N–H and O–H groups in total. The zero-order chi connectivity index (χ0) is 22.9. The Morgan fingerprint density at radius 3 is 2.34 bits per heavy atom. The van der Waals surface area contributed by atoms with Crippen molar-refractivity contribution < 1.29 is 14.4 Å². The van der Waals surface area contributed by atoms with Crippen molar-refractivity contribution in [2.45, 2.75) is 32.9 Å². The first-order valence-electron chi connectivity index (χ1n) is 10.5. The van der Waals surface area contributed by atoms with E-state index in [0.29, 0.717) is 10.7 Å². The number of carbonyl (C=O) groups excluding carboxylic acids is 3. The van der Waals surface area contributed by atoms with Gasteiger partial charge in [0.15, 0.2) is 5.78 Å². The Hall–Kier alpha value is -2.63. The first-order valence-corrected chi connectivity index (χ1v) is 11.3. The van der Waals surface area contributed by atoms with Crippen LogP contribution in [0.1, 0.15) is 37.9 Å². The number of halogens is 2. The summed E-state index contributed by atoms with van der Waals surface area (Å²) >= 11 is 12.4. The minimum absolute atomic E-state index is 0.0655. The number of hydrogen-bond acceptors (Lipinski definition) is 4. The number of Topliss-reactive ketones (excluding diaryl/α,β-unsaturated/α-hetero) is 1. The summed E-state index contributed by atoms with van der Waals surface area (Å²) in [6, 6.07) is 11.3. The van der Waals surface area contributed by atoms with Crippen molar-refractivity contribution in [2.24, 2.45) is 17.3 Å². The maximum atomic E-state index is 13.8. The monoisotopic (exact) mass is 468 g/mol. The van der Waals surface area contributed by atoms with Gasteiger partial charge in [-0.1, -0.05) is 68.2 Å². The molecule has 2 aromatic rings. The largest absolute Gasteiger partial charge is 0.359 e. The van der Waals surface area contributed by atoms with Gasteiger partial charge in [0, 0.05) is 16.6 Å². The van der Waals surface area contributed by atoms with Crippen molar-refractivity contribution in [1.29, 1.82) is 0 Å². The normalized spacial score (nSPS) is 26.3. The van der Waals surface area contributed by atoms with E-state index >= 15 is 0 Å². The third-order valence-electron chi connectivity index (χ3n) is 6.62. The van der Waals surface area contributed by atoms with E-state index in [1.165, 1.54) is 6.07 Å². The molecule has 0 unspecified atom stereocenters. The zero-order valence-corrected chi connectivity index (χ0v) is 19.4. The van der Waals surface area contributed by atoms with E-state index in [9.17, 15) is 14.4 Å². The standard InChI is InChI=1S/C25H22Cl2N2O3/c1-25(2,3)22(30)21-19-18(20-15-7-5-4-6-13(15)10-11-28(20)21)23(31)29(24(19)32)17-9-8-14(26)12-16(17)27/h4-12,18-21H,1-3H3/t18-,19-,20+,21+/m1/s1. The van der Waals surface area contributed by atoms with Crippen LogP contribution >= 0.6 is 23.2 Å². The number of imide groups is 1. The Labute approximate surface area is 196 Å². The molecule has 3 heterocycles. The lowest BCUT2D eigenvalue weighted by molar-refractivity contribution is -0.135. The van der Waals surface area contributed by atoms with Crippen LogP contribution in [0, 0.1) is 17.3 Å². The summed E-state index contributed by atoms with van der Waals surface area (Å²) in [5.41, 5.74) is 1.55. The van der Waals surface area contributed by atoms with Crippen molar-refractivity contribution in [3.63, 3.8) is 0 Å². The van der Waals surface area contributed by atoms with Crippen LogP contribution in [0.4, 0.5) is 5.69 Å². The summed E-state index contributed by atoms with van der Waals surface area (Å²) < 4.78 is 0. The predicted molar refractivity (Wildman–Crippen MR) is 124 cm³/mol. The SMILES string of the molecule is CC(C)(C)C(=O)[C@@H]1[C@@H]2C(=O)N(c3ccc(Cl)cc3Cl)C(=O)[C@H]2[C@@H]2c3ccccc3C=CN12. The molecule has 2 saturated heterocycles. The smallest absolute Gasteiger partial charge is 0.240 e. The van der Waals surface area contributed by atoms with Crippen LogP contribution < -0.4 is 4.90 Å². The molecular formula is C25H22Cl2N2O3. The summed E-state index contributed by atoms with van der Waals surface area (Å²) in [7, 11) is 0. The summed E-state index contributed by atoms with van der Waals surface area (Å²) in [6.45, 7) is 5.52. The maximum Gasteiger partial charge on any atom is 0.240 e. The fraction of sp³-hybridized carbons (Fsp3) is 0.320. The van der Waals surface area contributed by atoms with Gasteiger partial charge in [0.2, 0.25) is 11.8 Å². The van der Waals surface area contributed by atoms with Gasteiger partial charge in [-0.3, -0.25) is 14.4 Å². The first kappa shape index (κ1) is 21.2. The van der Waals surface area contributed by atoms with E-state index in [1.54, 1.807) is 12.1 Å². The van der Waals surface area contributed by atoms with E-state index in [1.807, 2.05) is 62.2 Å². The number of fused-ring (bicyclic) bond motifs is 5. The molecule has 3 aliphatic heterocycles. The van der Waals surface area contributed by atoms with Gasteiger partial charge in [0.1, 0.15) is 6.04 Å². The van der Waals surface area contributed by atoms with Gasteiger partial charge >= 0.3 is 0 Å². The van der Waals surface area contributed by atoms with Gasteiger partial charge in [-0.25, -0.2) is 4.90 Å². The molecule has 164 valence electrons. The lowest BCUT2D eigenvalue weighted by Gasteiger charge is -2.37. The van der Waals surface area contributed by atoms with E-state index < -0.39 is 35.2 Å². The second kappa shape index (κ2) is 7.19. The molecule has 5 nitrogen and oxygen atoms in total. The highest BCUT2D eigenvalue weighted by molar-refractivity contribution is 6.38. The molecule has 2 aromatic carbocycles. The number of hydrogen-bond donors (Lipinski definition) is 0. The average molecular weight is 469 g/mol. The van der Waals surface area contributed by atoms with Gasteiger partial charge in [-0.15, -0.1) is 0 Å². The van der Waals surface area contributed by atoms with Crippen LogP contribution in [0.3, 0.4) is 0 Å². The molecule has 32 heavy (non-hydrogen) atoms. The highest BCUT2D eigenvalue weighted by atomic mass is 35.5. The van der Waals surface area contributed by atoms with E-state index in [2.05, 4.69) is 0 Å². The lowest BCUT2D eigenvalue weighted by Crippen LogP contribution is -2.47. The molecule has 0 radical (unpaired) electrons. The topological polar surface area (TPSA) is 57.7 Å². The van der Waals surface area contributed by atoms with Gasteiger partial charge in [0.05, 0.1) is 28.6 Å². The zero-order valence-electron chi connectivity index (χ0n) is 17.9. The first-order chi connectivity index (χ1) is 15.1. The molecule has 5 rings (SSSR count). The summed E-state index contributed by atoms with van der Waals surface area (Å²) in [5, 5.41) is 0.634. The minimum atomic E-state index is -0.790. The van der Waals surface area contributed by atoms with Crippen LogP contribution in [0.15, 0.2) is 48.7 Å². The highest BCUT2D eigenvalue weighted by Crippen LogP contribution is 2.54. The third-order valence-corrected chi connectivity index (χ3v) is 7.16. The molecular weight excluding hydrogens is 447 g/mol. The highest BCUT2D eigenvalue weighted by Gasteiger charge is 2.65. The Kier molecular flexibility index (Phi) is 4.77. The van der Waals surface area contributed by atoms with Gasteiger partial charge in [-0.2, -0.15) is 0 Å². The minimum Gasteiger partial charge on any atom is -0.359 e. The quantitative estimate of drug-likeness (QED) is 0.573. The Bertz CT molecular complexity index is 1200. The molecule has 2 fully saturated rings. The van der Waals surface area contributed by atoms with Crippen LogP contribution in [0.5, 0.6) is 0 Å². The maximum absolute atomic E-state index is 13.8. The lowest BCUT2D eigenvalue weighted by atomic mass is 9.79. The molecule has 4 atom stereocenters. The fourth-order valence-electron chi connectivity index (χ4n) is 5.20. The van der Waals surface area contributed by atoms with Crippen LogP contribution in [0.25, 0.3) is 6.08 Å². The van der Waals surface area contributed by atoms with Gasteiger partial charge in [-0.05, 0) is 35.4 Å². The van der Waals surface area contributed by atoms with Crippen molar-refractivity contribution in [1.82, 2.24) is 4.90 Å². The molecule has 3 aliphatic rings. The predicted octanol–water partition coefficient (Wildman–Crippen LogP) is 5.12. The molecule has 0 bridgehead atoms. The number of benzene rings is 2. The fourth-order valence-corrected chi connectivity index (χ4v) is 5.69. The van der Waals surface area contributed by atoms with Gasteiger partial charge < -0.3 is 4.90 Å². The summed E-state index contributed by atoms with van der Waals surface area (Å²) in [5.74, 6) is -2.27. The average Bonchev–Trinajstić information content (AvgIpc) is 3.20. The van der Waals surface area contributed by atoms with E-state index in [-0.39, 0.29) is 16.7 Å². The molecule has 0 aliphatic carbocycles. The summed E-state index contributed by atoms with van der Waals surface area (Å²) in [6.07, 6.45) is 3.80. The molecule has 2 amide bonds. The Morgan fingerprint density at radius 1 is 0.969 bits per heavy atom. The van der Waals surface area contributed by atoms with E-state index in [0.717, 1.165) is 16.0 Å². The van der Waals surface area contributed by atoms with Crippen molar-refractivity contribution in [2.75, 3.05) is 4.90 Å². The molecule has 0 aromatic heterocycles. The van der Waals surface area contributed by atoms with Crippen LogP contribution in [-0.2, 0) is 14.4 Å². The van der Waals surface area contributed by atoms with Crippen molar-refractivity contribution in [3.05, 3.63) is 69.8 Å². The molecule has 7 heteroatoms. The molecule has 0 saturated carbocycles. The van der Waals surface area contributed by atoms with E-state index in [4.69, 9.17) is 23.2 Å². The Morgan fingerprint density at radius 2 is 1.66 bits per heavy atom. The van der Waals surface area contributed by atoms with Crippen molar-refractivity contribution in [3.8, 4) is 0 Å². The van der Waals surface area contributed by atoms with Crippen LogP contribution in [-0.4, -0.2) is 28.5 Å². The second-order valence-electron chi connectivity index (χ2n) is 9.55. The number of nitrogens with zero attached hydrogens (tertiary/aromatic N) is 2. The van der Waals surface area contributed by atoms with Gasteiger partial charge in [0.25, 0.3) is 0 Å².